The molecule has 1 aromatic heterocycles. The number of guanidine groups is 1. The van der Waals surface area contributed by atoms with Gasteiger partial charge in [-0.05, 0) is 18.6 Å². The fourth-order valence-electron chi connectivity index (χ4n) is 2.57. The molecular weight excluding hydrogens is 499 g/mol. The van der Waals surface area contributed by atoms with Crippen LogP contribution in [0.5, 0.6) is 5.75 Å². The highest BCUT2D eigenvalue weighted by atomic mass is 127. The number of rotatable bonds is 10. The lowest BCUT2D eigenvalue weighted by Crippen LogP contribution is -2.36. The lowest BCUT2D eigenvalue weighted by Gasteiger charge is -2.15. The second kappa shape index (κ2) is 13.8. The fraction of sp³-hybridized carbons (Fsp3) is 0.524. The van der Waals surface area contributed by atoms with E-state index in [2.05, 4.69) is 65.0 Å². The van der Waals surface area contributed by atoms with Crippen LogP contribution in [0.25, 0.3) is 0 Å². The van der Waals surface area contributed by atoms with Crippen LogP contribution in [-0.2, 0) is 17.8 Å². The second-order valence-electron chi connectivity index (χ2n) is 6.92. The van der Waals surface area contributed by atoms with Gasteiger partial charge in [0.1, 0.15) is 5.75 Å². The van der Waals surface area contributed by atoms with Crippen molar-refractivity contribution in [2.24, 2.45) is 4.99 Å². The number of nitrogens with one attached hydrogen (secondary N) is 2. The molecule has 2 aromatic rings. The van der Waals surface area contributed by atoms with Crippen LogP contribution in [-0.4, -0.2) is 38.3 Å². The fourth-order valence-corrected chi connectivity index (χ4v) is 3.41. The van der Waals surface area contributed by atoms with Gasteiger partial charge in [0.15, 0.2) is 5.96 Å². The largest absolute Gasteiger partial charge is 0.493 e. The Labute approximate surface area is 195 Å². The standard InChI is InChI=1S/C21H32N4O2S.HI/c1-15(2)20-25-18(14-28-20)13-24-21(22-4)23-12-17-8-7-16(3)11-19(17)27-10-6-9-26-5;/h7-8,11,14-15H,6,9-10,12-13H2,1-5H3,(H2,22,23,24);1H. The zero-order chi connectivity index (χ0) is 20.4. The number of aromatic nitrogens is 1. The number of aliphatic imine (C=N–C) groups is 1. The number of hydrogen-bond acceptors (Lipinski definition) is 5. The summed E-state index contributed by atoms with van der Waals surface area (Å²) in [4.78, 5) is 8.96. The Morgan fingerprint density at radius 3 is 2.62 bits per heavy atom. The van der Waals surface area contributed by atoms with Gasteiger partial charge in [0.2, 0.25) is 0 Å². The van der Waals surface area contributed by atoms with Crippen molar-refractivity contribution < 1.29 is 9.47 Å². The van der Waals surface area contributed by atoms with Gasteiger partial charge in [0.05, 0.1) is 23.9 Å². The topological polar surface area (TPSA) is 67.8 Å². The maximum Gasteiger partial charge on any atom is 0.191 e. The van der Waals surface area contributed by atoms with Crippen LogP contribution < -0.4 is 15.4 Å². The van der Waals surface area contributed by atoms with E-state index in [1.807, 2.05) is 0 Å². The lowest BCUT2D eigenvalue weighted by molar-refractivity contribution is 0.171. The minimum absolute atomic E-state index is 0. The number of halogens is 1. The van der Waals surface area contributed by atoms with Crippen molar-refractivity contribution in [2.75, 3.05) is 27.4 Å². The first kappa shape index (κ1) is 25.6. The SMILES string of the molecule is CN=C(NCc1csc(C(C)C)n1)NCc1ccc(C)cc1OCCCOC.I. The van der Waals surface area contributed by atoms with E-state index in [0.29, 0.717) is 32.2 Å². The van der Waals surface area contributed by atoms with Gasteiger partial charge in [-0.15, -0.1) is 35.3 Å². The van der Waals surface area contributed by atoms with Gasteiger partial charge >= 0.3 is 0 Å². The van der Waals surface area contributed by atoms with E-state index in [1.165, 1.54) is 5.56 Å². The molecule has 8 heteroatoms. The third-order valence-electron chi connectivity index (χ3n) is 4.14. The third-order valence-corrected chi connectivity index (χ3v) is 5.34. The molecule has 2 N–H and O–H groups in total. The van der Waals surface area contributed by atoms with Crippen molar-refractivity contribution in [1.82, 2.24) is 15.6 Å². The quantitative estimate of drug-likeness (QED) is 0.205. The molecule has 0 saturated carbocycles. The van der Waals surface area contributed by atoms with Crippen molar-refractivity contribution in [3.8, 4) is 5.75 Å². The monoisotopic (exact) mass is 532 g/mol. The second-order valence-corrected chi connectivity index (χ2v) is 7.81. The zero-order valence-electron chi connectivity index (χ0n) is 17.9. The van der Waals surface area contributed by atoms with Gasteiger partial charge in [0.25, 0.3) is 0 Å². The highest BCUT2D eigenvalue weighted by Crippen LogP contribution is 2.21. The van der Waals surface area contributed by atoms with Crippen LogP contribution >= 0.6 is 35.3 Å². The Balaban J connectivity index is 0.00000420. The summed E-state index contributed by atoms with van der Waals surface area (Å²) >= 11 is 1.70. The molecule has 0 unspecified atom stereocenters. The summed E-state index contributed by atoms with van der Waals surface area (Å²) < 4.78 is 11.0. The minimum Gasteiger partial charge on any atom is -0.493 e. The normalized spacial score (nSPS) is 11.3. The van der Waals surface area contributed by atoms with Gasteiger partial charge in [-0.2, -0.15) is 0 Å². The summed E-state index contributed by atoms with van der Waals surface area (Å²) in [5, 5.41) is 9.94. The first-order valence-corrected chi connectivity index (χ1v) is 10.5. The van der Waals surface area contributed by atoms with E-state index in [0.717, 1.165) is 34.4 Å². The van der Waals surface area contributed by atoms with Gasteiger partial charge in [-0.1, -0.05) is 26.0 Å². The van der Waals surface area contributed by atoms with Crippen LogP contribution in [0.3, 0.4) is 0 Å². The van der Waals surface area contributed by atoms with Crippen molar-refractivity contribution in [3.05, 3.63) is 45.4 Å². The first-order valence-electron chi connectivity index (χ1n) is 9.63. The summed E-state index contributed by atoms with van der Waals surface area (Å²) in [6, 6.07) is 6.26. The number of benzene rings is 1. The first-order chi connectivity index (χ1) is 13.5. The molecule has 1 heterocycles. The van der Waals surface area contributed by atoms with Gasteiger partial charge in [-0.25, -0.2) is 4.98 Å². The molecule has 0 amide bonds. The molecule has 0 bridgehead atoms. The predicted molar refractivity (Wildman–Crippen MR) is 132 cm³/mol. The summed E-state index contributed by atoms with van der Waals surface area (Å²) in [7, 11) is 3.48. The number of nitrogens with zero attached hydrogens (tertiary/aromatic N) is 2. The van der Waals surface area contributed by atoms with Crippen LogP contribution in [0.2, 0.25) is 0 Å². The Hall–Kier alpha value is -1.39. The van der Waals surface area contributed by atoms with Crippen molar-refractivity contribution >= 4 is 41.3 Å². The number of aryl methyl sites for hydroxylation is 1. The van der Waals surface area contributed by atoms with E-state index in [4.69, 9.17) is 9.47 Å². The lowest BCUT2D eigenvalue weighted by atomic mass is 10.1. The maximum atomic E-state index is 5.95. The molecule has 162 valence electrons. The molecule has 0 aliphatic rings. The molecule has 0 radical (unpaired) electrons. The van der Waals surface area contributed by atoms with Gasteiger partial charge < -0.3 is 20.1 Å². The summed E-state index contributed by atoms with van der Waals surface area (Å²) in [6.07, 6.45) is 0.868. The summed E-state index contributed by atoms with van der Waals surface area (Å²) in [5.74, 6) is 2.10. The van der Waals surface area contributed by atoms with Crippen molar-refractivity contribution in [2.45, 2.75) is 46.2 Å². The number of methoxy groups -OCH3 is 1. The Kier molecular flexibility index (Phi) is 12.2. The number of hydrogen-bond donors (Lipinski definition) is 2. The van der Waals surface area contributed by atoms with Crippen molar-refractivity contribution in [1.29, 1.82) is 0 Å². The Morgan fingerprint density at radius 1 is 1.21 bits per heavy atom. The van der Waals surface area contributed by atoms with Gasteiger partial charge in [0, 0.05) is 50.6 Å². The molecule has 0 aliphatic heterocycles. The average molecular weight is 532 g/mol. The Morgan fingerprint density at radius 2 is 1.97 bits per heavy atom. The molecule has 0 fully saturated rings. The summed E-state index contributed by atoms with van der Waals surface area (Å²) in [5.41, 5.74) is 3.31. The smallest absolute Gasteiger partial charge is 0.191 e. The van der Waals surface area contributed by atoms with E-state index < -0.39 is 0 Å². The van der Waals surface area contributed by atoms with Crippen LogP contribution in [0.1, 0.15) is 48.0 Å². The molecule has 0 aliphatic carbocycles. The Bertz CT molecular complexity index is 765. The molecule has 0 spiro atoms. The summed E-state index contributed by atoms with van der Waals surface area (Å²) in [6.45, 7) is 9.01. The molecule has 0 atom stereocenters. The molecule has 2 rings (SSSR count). The average Bonchev–Trinajstić information content (AvgIpc) is 3.16. The van der Waals surface area contributed by atoms with Crippen LogP contribution in [0, 0.1) is 6.92 Å². The number of ether oxygens (including phenoxy) is 2. The van der Waals surface area contributed by atoms with E-state index in [9.17, 15) is 0 Å². The van der Waals surface area contributed by atoms with Crippen LogP contribution in [0.15, 0.2) is 28.6 Å². The molecule has 0 saturated heterocycles. The van der Waals surface area contributed by atoms with Gasteiger partial charge in [-0.3, -0.25) is 4.99 Å². The van der Waals surface area contributed by atoms with E-state index >= 15 is 0 Å². The zero-order valence-corrected chi connectivity index (χ0v) is 21.1. The van der Waals surface area contributed by atoms with Crippen molar-refractivity contribution in [3.63, 3.8) is 0 Å². The molecule has 1 aromatic carbocycles. The van der Waals surface area contributed by atoms with Crippen LogP contribution in [0.4, 0.5) is 0 Å². The van der Waals surface area contributed by atoms with E-state index in [1.54, 1.807) is 25.5 Å². The highest BCUT2D eigenvalue weighted by Gasteiger charge is 2.08. The molecule has 29 heavy (non-hydrogen) atoms. The molecular formula is C21H33IN4O2S. The van der Waals surface area contributed by atoms with E-state index in [-0.39, 0.29) is 24.0 Å². The predicted octanol–water partition coefficient (Wildman–Crippen LogP) is 4.47. The third kappa shape index (κ3) is 8.88. The highest BCUT2D eigenvalue weighted by molar-refractivity contribution is 14.0. The molecule has 6 nitrogen and oxygen atoms in total. The minimum atomic E-state index is 0. The maximum absolute atomic E-state index is 5.95. The number of thiazole rings is 1.